The van der Waals surface area contributed by atoms with Gasteiger partial charge in [0.1, 0.15) is 11.5 Å². The van der Waals surface area contributed by atoms with Crippen LogP contribution < -0.4 is 14.8 Å². The number of sulfonamides is 1. The number of anilines is 1. The molecule has 10 heteroatoms. The Morgan fingerprint density at radius 3 is 2.43 bits per heavy atom. The zero-order valence-corrected chi connectivity index (χ0v) is 17.1. The van der Waals surface area contributed by atoms with E-state index in [1.54, 1.807) is 36.3 Å². The van der Waals surface area contributed by atoms with Crippen LogP contribution in [0.5, 0.6) is 11.5 Å². The molecule has 9 nitrogen and oxygen atoms in total. The van der Waals surface area contributed by atoms with Gasteiger partial charge < -0.3 is 19.7 Å². The monoisotopic (exact) mass is 431 g/mol. The second-order valence-electron chi connectivity index (χ2n) is 6.92. The maximum atomic E-state index is 13.0. The number of rotatable bonds is 4. The second-order valence-corrected chi connectivity index (χ2v) is 8.86. The van der Waals surface area contributed by atoms with Crippen molar-refractivity contribution in [3.8, 4) is 11.5 Å². The molecule has 0 bridgehead atoms. The largest absolute Gasteiger partial charge is 0.497 e. The molecule has 0 atom stereocenters. The summed E-state index contributed by atoms with van der Waals surface area (Å²) < 4.78 is 37.8. The Morgan fingerprint density at radius 1 is 1.07 bits per heavy atom. The van der Waals surface area contributed by atoms with E-state index in [0.29, 0.717) is 22.7 Å². The molecule has 2 heterocycles. The van der Waals surface area contributed by atoms with Crippen molar-refractivity contribution >= 4 is 27.5 Å². The number of hydrogen-bond acceptors (Lipinski definition) is 6. The Hall–Kier alpha value is -3.11. The molecule has 1 fully saturated rings. The van der Waals surface area contributed by atoms with Gasteiger partial charge in [-0.15, -0.1) is 0 Å². The van der Waals surface area contributed by atoms with E-state index in [2.05, 4.69) is 5.32 Å². The van der Waals surface area contributed by atoms with Gasteiger partial charge in [-0.2, -0.15) is 4.31 Å². The number of methoxy groups -OCH3 is 1. The first-order chi connectivity index (χ1) is 14.4. The van der Waals surface area contributed by atoms with Crippen LogP contribution in [0, 0.1) is 0 Å². The van der Waals surface area contributed by atoms with Crippen molar-refractivity contribution in [3.05, 3.63) is 48.0 Å². The van der Waals surface area contributed by atoms with Crippen molar-refractivity contribution in [2.75, 3.05) is 45.2 Å². The first-order valence-corrected chi connectivity index (χ1v) is 10.8. The van der Waals surface area contributed by atoms with Gasteiger partial charge in [-0.25, -0.2) is 8.42 Å². The third-order valence-electron chi connectivity index (χ3n) is 5.08. The first kappa shape index (κ1) is 20.2. The third-order valence-corrected chi connectivity index (χ3v) is 6.98. The quantitative estimate of drug-likeness (QED) is 0.779. The fourth-order valence-corrected chi connectivity index (χ4v) is 4.87. The Bertz CT molecular complexity index is 1080. The van der Waals surface area contributed by atoms with Gasteiger partial charge in [0.15, 0.2) is 6.61 Å². The summed E-state index contributed by atoms with van der Waals surface area (Å²) in [6, 6.07) is 11.2. The number of benzene rings is 2. The minimum atomic E-state index is -3.76. The molecule has 2 aromatic carbocycles. The van der Waals surface area contributed by atoms with Crippen molar-refractivity contribution < 1.29 is 27.5 Å². The maximum Gasteiger partial charge on any atom is 0.262 e. The molecule has 1 N–H and O–H groups in total. The fourth-order valence-electron chi connectivity index (χ4n) is 3.42. The van der Waals surface area contributed by atoms with Crippen LogP contribution in [0.25, 0.3) is 0 Å². The van der Waals surface area contributed by atoms with E-state index in [1.807, 2.05) is 0 Å². The van der Waals surface area contributed by atoms with Crippen molar-refractivity contribution in [3.63, 3.8) is 0 Å². The van der Waals surface area contributed by atoms with E-state index in [4.69, 9.17) is 9.47 Å². The van der Waals surface area contributed by atoms with Crippen LogP contribution in [0.3, 0.4) is 0 Å². The number of carbonyl (C=O) groups excluding carboxylic acids is 2. The smallest absolute Gasteiger partial charge is 0.262 e. The molecule has 0 radical (unpaired) electrons. The molecular weight excluding hydrogens is 410 g/mol. The minimum Gasteiger partial charge on any atom is -0.497 e. The molecule has 4 rings (SSSR count). The molecule has 1 saturated heterocycles. The lowest BCUT2D eigenvalue weighted by molar-refractivity contribution is -0.118. The average Bonchev–Trinajstić information content (AvgIpc) is 2.78. The lowest BCUT2D eigenvalue weighted by Gasteiger charge is -2.34. The molecule has 2 aromatic rings. The van der Waals surface area contributed by atoms with Crippen molar-refractivity contribution in [2.24, 2.45) is 0 Å². The summed E-state index contributed by atoms with van der Waals surface area (Å²) in [5.74, 6) is 0.614. The molecule has 0 spiro atoms. The molecule has 0 unspecified atom stereocenters. The zero-order chi connectivity index (χ0) is 21.3. The Labute approximate surface area is 174 Å². The minimum absolute atomic E-state index is 0.0713. The summed E-state index contributed by atoms with van der Waals surface area (Å²) in [5.41, 5.74) is 0.859. The normalized spacial score (nSPS) is 17.0. The van der Waals surface area contributed by atoms with Crippen molar-refractivity contribution in [2.45, 2.75) is 4.90 Å². The van der Waals surface area contributed by atoms with Gasteiger partial charge in [-0.05, 0) is 42.5 Å². The summed E-state index contributed by atoms with van der Waals surface area (Å²) in [5, 5.41) is 2.61. The maximum absolute atomic E-state index is 13.0. The number of nitrogens with zero attached hydrogens (tertiary/aromatic N) is 2. The highest BCUT2D eigenvalue weighted by molar-refractivity contribution is 7.89. The van der Waals surface area contributed by atoms with E-state index < -0.39 is 10.0 Å². The number of nitrogens with one attached hydrogen (secondary N) is 1. The third kappa shape index (κ3) is 3.83. The summed E-state index contributed by atoms with van der Waals surface area (Å²) in [6.07, 6.45) is 0. The van der Waals surface area contributed by atoms with Crippen LogP contribution in [0.1, 0.15) is 10.4 Å². The van der Waals surface area contributed by atoms with Crippen molar-refractivity contribution in [1.29, 1.82) is 0 Å². The highest BCUT2D eigenvalue weighted by Crippen LogP contribution is 2.31. The van der Waals surface area contributed by atoms with Gasteiger partial charge in [0, 0.05) is 31.7 Å². The van der Waals surface area contributed by atoms with Crippen LogP contribution in [-0.4, -0.2) is 69.3 Å². The molecule has 2 aliphatic heterocycles. The van der Waals surface area contributed by atoms with E-state index in [1.165, 1.54) is 22.5 Å². The van der Waals surface area contributed by atoms with Crippen LogP contribution in [0.2, 0.25) is 0 Å². The Balaban J connectivity index is 1.44. The Morgan fingerprint density at radius 2 is 1.77 bits per heavy atom. The van der Waals surface area contributed by atoms with E-state index in [9.17, 15) is 18.0 Å². The lowest BCUT2D eigenvalue weighted by Crippen LogP contribution is -2.50. The van der Waals surface area contributed by atoms with E-state index in [0.717, 1.165) is 0 Å². The predicted octanol–water partition coefficient (Wildman–Crippen LogP) is 1.17. The number of piperazine rings is 1. The molecule has 30 heavy (non-hydrogen) atoms. The number of carbonyl (C=O) groups is 2. The summed E-state index contributed by atoms with van der Waals surface area (Å²) in [4.78, 5) is 25.9. The van der Waals surface area contributed by atoms with Gasteiger partial charge in [0.25, 0.3) is 11.8 Å². The average molecular weight is 431 g/mol. The molecule has 158 valence electrons. The van der Waals surface area contributed by atoms with Gasteiger partial charge in [0.2, 0.25) is 10.0 Å². The highest BCUT2D eigenvalue weighted by Gasteiger charge is 2.31. The van der Waals surface area contributed by atoms with Crippen LogP contribution >= 0.6 is 0 Å². The summed E-state index contributed by atoms with van der Waals surface area (Å²) in [7, 11) is -2.21. The number of ether oxygens (including phenoxy) is 2. The highest BCUT2D eigenvalue weighted by atomic mass is 32.2. The number of amides is 2. The summed E-state index contributed by atoms with van der Waals surface area (Å²) >= 11 is 0. The van der Waals surface area contributed by atoms with E-state index in [-0.39, 0.29) is 49.5 Å². The summed E-state index contributed by atoms with van der Waals surface area (Å²) in [6.45, 7) is 0.849. The van der Waals surface area contributed by atoms with Crippen LogP contribution in [0.4, 0.5) is 5.69 Å². The first-order valence-electron chi connectivity index (χ1n) is 9.38. The lowest BCUT2D eigenvalue weighted by atomic mass is 10.2. The van der Waals surface area contributed by atoms with Crippen LogP contribution in [0.15, 0.2) is 47.4 Å². The number of hydrogen-bond donors (Lipinski definition) is 1. The standard InChI is InChI=1S/C20H21N3O6S/c1-28-15-4-2-14(3-5-15)20(25)22-8-10-23(11-9-22)30(26,27)16-6-7-18-17(12-16)21-19(24)13-29-18/h2-7,12H,8-11,13H2,1H3,(H,21,24). The molecule has 2 amide bonds. The SMILES string of the molecule is COc1ccc(C(=O)N2CCN(S(=O)(=O)c3ccc4c(c3)NC(=O)CO4)CC2)cc1. The van der Waals surface area contributed by atoms with Gasteiger partial charge in [-0.1, -0.05) is 0 Å². The molecule has 2 aliphatic rings. The molecule has 0 aromatic heterocycles. The molecular formula is C20H21N3O6S. The number of fused-ring (bicyclic) bond motifs is 1. The molecule has 0 aliphatic carbocycles. The van der Waals surface area contributed by atoms with E-state index >= 15 is 0 Å². The van der Waals surface area contributed by atoms with Crippen LogP contribution in [-0.2, 0) is 14.8 Å². The predicted molar refractivity (Wildman–Crippen MR) is 108 cm³/mol. The van der Waals surface area contributed by atoms with Gasteiger partial charge in [0.05, 0.1) is 17.7 Å². The Kier molecular flexibility index (Phi) is 5.35. The fraction of sp³-hybridized carbons (Fsp3) is 0.300. The topological polar surface area (TPSA) is 105 Å². The van der Waals surface area contributed by atoms with Gasteiger partial charge >= 0.3 is 0 Å². The van der Waals surface area contributed by atoms with Crippen molar-refractivity contribution in [1.82, 2.24) is 9.21 Å². The second kappa shape index (κ2) is 7.96. The zero-order valence-electron chi connectivity index (χ0n) is 16.3. The molecule has 0 saturated carbocycles. The van der Waals surface area contributed by atoms with Gasteiger partial charge in [-0.3, -0.25) is 9.59 Å².